The number of amides is 3. The number of rotatable bonds is 6. The van der Waals surface area contributed by atoms with Crippen LogP contribution in [0.4, 0.5) is 11.4 Å². The van der Waals surface area contributed by atoms with Gasteiger partial charge in [0.25, 0.3) is 5.91 Å². The molecule has 8 nitrogen and oxygen atoms in total. The normalized spacial score (nSPS) is 20.0. The highest BCUT2D eigenvalue weighted by molar-refractivity contribution is 6.22. The van der Waals surface area contributed by atoms with Crippen LogP contribution >= 0.6 is 0 Å². The van der Waals surface area contributed by atoms with Gasteiger partial charge in [-0.2, -0.15) is 0 Å². The van der Waals surface area contributed by atoms with Gasteiger partial charge in [0.1, 0.15) is 5.75 Å². The van der Waals surface area contributed by atoms with Crippen molar-refractivity contribution >= 4 is 35.1 Å². The molecule has 4 rings (SSSR count). The lowest BCUT2D eigenvalue weighted by molar-refractivity contribution is -0.122. The maximum atomic E-state index is 12.8. The summed E-state index contributed by atoms with van der Waals surface area (Å²) in [6.45, 7) is -0.493. The van der Waals surface area contributed by atoms with E-state index in [-0.39, 0.29) is 29.2 Å². The molecule has 32 heavy (non-hydrogen) atoms. The fraction of sp³-hybridized carbons (Fsp3) is 0.333. The Kier molecular flexibility index (Phi) is 6.20. The Balaban J connectivity index is 1.41. The lowest BCUT2D eigenvalue weighted by Gasteiger charge is -2.19. The molecule has 0 unspecified atom stereocenters. The molecule has 1 heterocycles. The molecule has 2 fully saturated rings. The van der Waals surface area contributed by atoms with Crippen LogP contribution in [0.1, 0.15) is 36.0 Å². The minimum atomic E-state index is -0.724. The number of hydrogen-bond donors (Lipinski definition) is 1. The van der Waals surface area contributed by atoms with Crippen molar-refractivity contribution in [2.75, 3.05) is 23.9 Å². The van der Waals surface area contributed by atoms with Gasteiger partial charge in [-0.3, -0.25) is 19.3 Å². The molecule has 2 aliphatic rings. The van der Waals surface area contributed by atoms with Crippen molar-refractivity contribution in [1.29, 1.82) is 0 Å². The number of fused-ring (bicyclic) bond motifs is 1. The van der Waals surface area contributed by atoms with E-state index >= 15 is 0 Å². The number of ether oxygens (including phenoxy) is 2. The summed E-state index contributed by atoms with van der Waals surface area (Å²) >= 11 is 0. The molecular weight excluding hydrogens is 412 g/mol. The first-order valence-corrected chi connectivity index (χ1v) is 10.6. The molecule has 2 aromatic carbocycles. The van der Waals surface area contributed by atoms with E-state index in [1.807, 2.05) is 0 Å². The molecule has 1 saturated carbocycles. The maximum absolute atomic E-state index is 12.8. The number of para-hydroxylation sites is 2. The summed E-state index contributed by atoms with van der Waals surface area (Å²) < 4.78 is 10.3. The predicted octanol–water partition coefficient (Wildman–Crippen LogP) is 3.17. The minimum absolute atomic E-state index is 0.156. The van der Waals surface area contributed by atoms with Crippen molar-refractivity contribution in [3.05, 3.63) is 54.1 Å². The molecule has 0 aromatic heterocycles. The van der Waals surface area contributed by atoms with E-state index < -0.39 is 18.5 Å². The van der Waals surface area contributed by atoms with Gasteiger partial charge in [0, 0.05) is 0 Å². The Morgan fingerprint density at radius 3 is 2.38 bits per heavy atom. The van der Waals surface area contributed by atoms with E-state index in [0.29, 0.717) is 17.1 Å². The van der Waals surface area contributed by atoms with Crippen molar-refractivity contribution in [1.82, 2.24) is 0 Å². The minimum Gasteiger partial charge on any atom is -0.495 e. The first-order valence-electron chi connectivity index (χ1n) is 10.6. The number of methoxy groups -OCH3 is 1. The molecule has 1 N–H and O–H groups in total. The third-order valence-electron chi connectivity index (χ3n) is 5.90. The topological polar surface area (TPSA) is 102 Å². The Bertz CT molecular complexity index is 1040. The molecule has 2 atom stereocenters. The molecule has 0 bridgehead atoms. The van der Waals surface area contributed by atoms with Gasteiger partial charge in [-0.25, -0.2) is 4.79 Å². The standard InChI is InChI=1S/C24H24N2O6/c1-31-20-12-5-4-11-19(20)25-21(27)14-32-24(30)15-7-6-8-16(13-15)26-22(28)17-9-2-3-10-18(17)23(26)29/h4-8,11-13,17-18H,2-3,9-10,14H2,1H3,(H,25,27)/t17-,18+. The Hall–Kier alpha value is -3.68. The predicted molar refractivity (Wildman–Crippen MR) is 116 cm³/mol. The van der Waals surface area contributed by atoms with Crippen LogP contribution in [0, 0.1) is 11.8 Å². The summed E-state index contributed by atoms with van der Waals surface area (Å²) in [7, 11) is 1.49. The highest BCUT2D eigenvalue weighted by Crippen LogP contribution is 2.40. The highest BCUT2D eigenvalue weighted by atomic mass is 16.5. The molecular formula is C24H24N2O6. The Labute approximate surface area is 185 Å². The number of imide groups is 1. The quantitative estimate of drug-likeness (QED) is 0.551. The third-order valence-corrected chi connectivity index (χ3v) is 5.90. The van der Waals surface area contributed by atoms with E-state index in [1.165, 1.54) is 24.1 Å². The van der Waals surface area contributed by atoms with Crippen LogP contribution in [-0.2, 0) is 19.1 Å². The zero-order valence-corrected chi connectivity index (χ0v) is 17.7. The molecule has 1 saturated heterocycles. The summed E-state index contributed by atoms with van der Waals surface area (Å²) in [5, 5.41) is 2.63. The molecule has 8 heteroatoms. The van der Waals surface area contributed by atoms with Gasteiger partial charge in [0.15, 0.2) is 6.61 Å². The number of hydrogen-bond acceptors (Lipinski definition) is 6. The Morgan fingerprint density at radius 2 is 1.69 bits per heavy atom. The molecule has 166 valence electrons. The van der Waals surface area contributed by atoms with E-state index in [4.69, 9.17) is 9.47 Å². The zero-order chi connectivity index (χ0) is 22.7. The number of benzene rings is 2. The molecule has 0 radical (unpaired) electrons. The van der Waals surface area contributed by atoms with Crippen molar-refractivity contribution < 1.29 is 28.7 Å². The maximum Gasteiger partial charge on any atom is 0.338 e. The van der Waals surface area contributed by atoms with Gasteiger partial charge in [-0.05, 0) is 43.2 Å². The van der Waals surface area contributed by atoms with Crippen LogP contribution < -0.4 is 15.0 Å². The fourth-order valence-electron chi connectivity index (χ4n) is 4.34. The SMILES string of the molecule is COc1ccccc1NC(=O)COC(=O)c1cccc(N2C(=O)[C@H]3CCCC[C@H]3C2=O)c1. The van der Waals surface area contributed by atoms with Crippen molar-refractivity contribution in [3.8, 4) is 5.75 Å². The zero-order valence-electron chi connectivity index (χ0n) is 17.7. The summed E-state index contributed by atoms with van der Waals surface area (Å²) in [5.74, 6) is -1.72. The van der Waals surface area contributed by atoms with E-state index in [9.17, 15) is 19.2 Å². The van der Waals surface area contributed by atoms with Gasteiger partial charge in [0.05, 0.1) is 35.9 Å². The van der Waals surface area contributed by atoms with Crippen molar-refractivity contribution in [2.45, 2.75) is 25.7 Å². The van der Waals surface area contributed by atoms with E-state index in [1.54, 1.807) is 36.4 Å². The number of carbonyl (C=O) groups excluding carboxylic acids is 4. The lowest BCUT2D eigenvalue weighted by atomic mass is 9.81. The van der Waals surface area contributed by atoms with Gasteiger partial charge in [-0.15, -0.1) is 0 Å². The summed E-state index contributed by atoms with van der Waals surface area (Å²) in [5.41, 5.74) is 0.968. The fourth-order valence-corrected chi connectivity index (χ4v) is 4.34. The number of carbonyl (C=O) groups is 4. The largest absolute Gasteiger partial charge is 0.495 e. The summed E-state index contributed by atoms with van der Waals surface area (Å²) in [6.07, 6.45) is 3.32. The van der Waals surface area contributed by atoms with Gasteiger partial charge in [-0.1, -0.05) is 31.0 Å². The molecule has 1 aliphatic carbocycles. The monoisotopic (exact) mass is 436 g/mol. The average Bonchev–Trinajstić information content (AvgIpc) is 3.08. The van der Waals surface area contributed by atoms with Crippen LogP contribution in [0.3, 0.4) is 0 Å². The van der Waals surface area contributed by atoms with E-state index in [0.717, 1.165) is 25.7 Å². The van der Waals surface area contributed by atoms with Crippen LogP contribution in [-0.4, -0.2) is 37.4 Å². The summed E-state index contributed by atoms with van der Waals surface area (Å²) in [4.78, 5) is 51.5. The first-order chi connectivity index (χ1) is 15.5. The van der Waals surface area contributed by atoms with Crippen molar-refractivity contribution in [3.63, 3.8) is 0 Å². The lowest BCUT2D eigenvalue weighted by Crippen LogP contribution is -2.31. The van der Waals surface area contributed by atoms with Gasteiger partial charge >= 0.3 is 5.97 Å². The highest BCUT2D eigenvalue weighted by Gasteiger charge is 2.48. The molecule has 2 aromatic rings. The third kappa shape index (κ3) is 4.21. The molecule has 3 amide bonds. The molecule has 1 aliphatic heterocycles. The Morgan fingerprint density at radius 1 is 1.00 bits per heavy atom. The smallest absolute Gasteiger partial charge is 0.338 e. The number of anilines is 2. The number of nitrogens with one attached hydrogen (secondary N) is 1. The van der Waals surface area contributed by atoms with Gasteiger partial charge in [0.2, 0.25) is 11.8 Å². The second-order valence-electron chi connectivity index (χ2n) is 7.88. The van der Waals surface area contributed by atoms with Crippen LogP contribution in [0.25, 0.3) is 0 Å². The first kappa shape index (κ1) is 21.5. The summed E-state index contributed by atoms with van der Waals surface area (Å²) in [6, 6.07) is 13.1. The average molecular weight is 436 g/mol. The van der Waals surface area contributed by atoms with Gasteiger partial charge < -0.3 is 14.8 Å². The second-order valence-corrected chi connectivity index (χ2v) is 7.88. The number of esters is 1. The second kappa shape index (κ2) is 9.21. The van der Waals surface area contributed by atoms with Crippen LogP contribution in [0.15, 0.2) is 48.5 Å². The van der Waals surface area contributed by atoms with Crippen LogP contribution in [0.2, 0.25) is 0 Å². The van der Waals surface area contributed by atoms with Crippen molar-refractivity contribution in [2.24, 2.45) is 11.8 Å². The van der Waals surface area contributed by atoms with E-state index in [2.05, 4.69) is 5.32 Å². The number of nitrogens with zero attached hydrogens (tertiary/aromatic N) is 1. The van der Waals surface area contributed by atoms with Crippen LogP contribution in [0.5, 0.6) is 5.75 Å². The molecule has 0 spiro atoms.